The van der Waals surface area contributed by atoms with Crippen LogP contribution in [0.5, 0.6) is 5.75 Å². The van der Waals surface area contributed by atoms with Crippen LogP contribution in [-0.4, -0.2) is 23.6 Å². The lowest BCUT2D eigenvalue weighted by atomic mass is 9.97. The Labute approximate surface area is 250 Å². The summed E-state index contributed by atoms with van der Waals surface area (Å²) >= 11 is 0. The lowest BCUT2D eigenvalue weighted by Crippen LogP contribution is -2.25. The third-order valence-corrected chi connectivity index (χ3v) is 7.40. The molecule has 0 spiro atoms. The van der Waals surface area contributed by atoms with Crippen molar-refractivity contribution in [3.8, 4) is 5.75 Å². The third kappa shape index (κ3) is 18.3. The number of ether oxygens (including phenoxy) is 1. The average molecular weight is 568 g/mol. The normalized spacial score (nSPS) is 10.8. The number of amides is 1. The Bertz CT molecular complexity index is 889. The molecule has 0 aromatic heterocycles. The van der Waals surface area contributed by atoms with Gasteiger partial charge in [0, 0.05) is 18.5 Å². The number of esters is 1. The van der Waals surface area contributed by atoms with Gasteiger partial charge in [0.1, 0.15) is 12.4 Å². The first-order chi connectivity index (χ1) is 19.9. The molecule has 1 aromatic rings. The monoisotopic (exact) mass is 567 g/mol. The summed E-state index contributed by atoms with van der Waals surface area (Å²) < 4.78 is 5.29. The van der Waals surface area contributed by atoms with Crippen molar-refractivity contribution in [3.63, 3.8) is 0 Å². The van der Waals surface area contributed by atoms with Gasteiger partial charge in [0.2, 0.25) is 5.91 Å². The SMILES string of the molecule is C=CCc1cc(CCC(=O)NC(=C)COC(=O)CCCCCCCCCCCCCCCCC)cc(CC=C)c1O. The van der Waals surface area contributed by atoms with Crippen molar-refractivity contribution >= 4 is 11.9 Å². The van der Waals surface area contributed by atoms with Crippen molar-refractivity contribution in [1.82, 2.24) is 5.32 Å². The molecule has 230 valence electrons. The van der Waals surface area contributed by atoms with Crippen LogP contribution in [0.15, 0.2) is 49.7 Å². The highest BCUT2D eigenvalue weighted by Gasteiger charge is 2.11. The smallest absolute Gasteiger partial charge is 0.306 e. The Kier molecular flexibility index (Phi) is 21.1. The fraction of sp³-hybridized carbons (Fsp3) is 0.611. The van der Waals surface area contributed by atoms with Gasteiger partial charge in [-0.2, -0.15) is 0 Å². The Morgan fingerprint density at radius 2 is 1.24 bits per heavy atom. The predicted octanol–water partition coefficient (Wildman–Crippen LogP) is 9.22. The summed E-state index contributed by atoms with van der Waals surface area (Å²) in [6.07, 6.45) is 25.1. The first-order valence-electron chi connectivity index (χ1n) is 16.1. The van der Waals surface area contributed by atoms with Gasteiger partial charge in [0.15, 0.2) is 0 Å². The number of allylic oxidation sites excluding steroid dienone is 2. The van der Waals surface area contributed by atoms with E-state index in [0.717, 1.165) is 29.5 Å². The zero-order valence-electron chi connectivity index (χ0n) is 26.0. The van der Waals surface area contributed by atoms with Crippen LogP contribution in [0.1, 0.15) is 133 Å². The summed E-state index contributed by atoms with van der Waals surface area (Å²) in [5.74, 6) is -0.168. The Morgan fingerprint density at radius 1 is 0.780 bits per heavy atom. The fourth-order valence-corrected chi connectivity index (χ4v) is 5.03. The zero-order valence-corrected chi connectivity index (χ0v) is 26.0. The van der Waals surface area contributed by atoms with E-state index in [-0.39, 0.29) is 30.7 Å². The van der Waals surface area contributed by atoms with Crippen LogP contribution in [0, 0.1) is 0 Å². The molecule has 5 nitrogen and oxygen atoms in total. The number of carbonyl (C=O) groups excluding carboxylic acids is 2. The van der Waals surface area contributed by atoms with Crippen molar-refractivity contribution < 1.29 is 19.4 Å². The summed E-state index contributed by atoms with van der Waals surface area (Å²) in [6, 6.07) is 3.82. The first kappa shape index (κ1) is 36.2. The number of unbranched alkanes of at least 4 members (excludes halogenated alkanes) is 14. The number of nitrogens with one attached hydrogen (secondary N) is 1. The van der Waals surface area contributed by atoms with E-state index in [0.29, 0.717) is 31.4 Å². The molecule has 0 aliphatic rings. The molecular formula is C36H57NO4. The van der Waals surface area contributed by atoms with Gasteiger partial charge in [0.05, 0.1) is 0 Å². The van der Waals surface area contributed by atoms with Gasteiger partial charge in [-0.15, -0.1) is 13.2 Å². The van der Waals surface area contributed by atoms with E-state index >= 15 is 0 Å². The van der Waals surface area contributed by atoms with Gasteiger partial charge in [-0.1, -0.05) is 128 Å². The molecule has 0 unspecified atom stereocenters. The maximum Gasteiger partial charge on any atom is 0.306 e. The van der Waals surface area contributed by atoms with E-state index in [1.807, 2.05) is 12.1 Å². The molecule has 41 heavy (non-hydrogen) atoms. The van der Waals surface area contributed by atoms with Crippen LogP contribution in [-0.2, 0) is 33.6 Å². The quantitative estimate of drug-likeness (QED) is 0.0664. The number of benzene rings is 1. The molecule has 5 heteroatoms. The zero-order chi connectivity index (χ0) is 30.1. The minimum Gasteiger partial charge on any atom is -0.507 e. The van der Waals surface area contributed by atoms with Crippen molar-refractivity contribution in [2.24, 2.45) is 0 Å². The molecule has 0 saturated carbocycles. The van der Waals surface area contributed by atoms with E-state index < -0.39 is 0 Å². The molecule has 2 N–H and O–H groups in total. The number of hydrogen-bond acceptors (Lipinski definition) is 4. The lowest BCUT2D eigenvalue weighted by molar-refractivity contribution is -0.143. The van der Waals surface area contributed by atoms with Gasteiger partial charge >= 0.3 is 5.97 Å². The number of phenols is 1. The van der Waals surface area contributed by atoms with Crippen LogP contribution in [0.3, 0.4) is 0 Å². The van der Waals surface area contributed by atoms with Crippen LogP contribution in [0.25, 0.3) is 0 Å². The highest BCUT2D eigenvalue weighted by molar-refractivity contribution is 5.78. The number of rotatable bonds is 26. The average Bonchev–Trinajstić information content (AvgIpc) is 2.95. The van der Waals surface area contributed by atoms with Crippen LogP contribution < -0.4 is 5.32 Å². The van der Waals surface area contributed by atoms with Crippen molar-refractivity contribution in [3.05, 3.63) is 66.4 Å². The summed E-state index contributed by atoms with van der Waals surface area (Å²) in [6.45, 7) is 13.6. The second-order valence-electron chi connectivity index (χ2n) is 11.3. The highest BCUT2D eigenvalue weighted by Crippen LogP contribution is 2.27. The number of phenolic OH excluding ortho intramolecular Hbond substituents is 1. The maximum atomic E-state index is 12.4. The van der Waals surface area contributed by atoms with Gasteiger partial charge in [-0.3, -0.25) is 9.59 Å². The minimum absolute atomic E-state index is 0.00448. The molecule has 1 aromatic carbocycles. The van der Waals surface area contributed by atoms with E-state index in [9.17, 15) is 14.7 Å². The van der Waals surface area contributed by atoms with Crippen LogP contribution in [0.4, 0.5) is 0 Å². The van der Waals surface area contributed by atoms with Crippen LogP contribution in [0.2, 0.25) is 0 Å². The van der Waals surface area contributed by atoms with E-state index in [4.69, 9.17) is 4.74 Å². The highest BCUT2D eigenvalue weighted by atomic mass is 16.5. The second-order valence-corrected chi connectivity index (χ2v) is 11.3. The number of aromatic hydroxyl groups is 1. The standard InChI is InChI=1S/C36H57NO4/c1-5-8-9-10-11-12-13-14-15-16-17-18-19-20-21-24-35(39)41-29-30(4)37-34(38)26-25-31-27-32(22-6-2)36(40)33(28-31)23-7-3/h6-7,27-28,40H,2-5,8-26,29H2,1H3,(H,37,38). The molecule has 0 heterocycles. The summed E-state index contributed by atoms with van der Waals surface area (Å²) in [5, 5.41) is 13.1. The molecule has 0 aliphatic heterocycles. The third-order valence-electron chi connectivity index (χ3n) is 7.40. The number of aryl methyl sites for hydroxylation is 1. The fourth-order valence-electron chi connectivity index (χ4n) is 5.03. The summed E-state index contributed by atoms with van der Waals surface area (Å²) in [5.41, 5.74) is 2.93. The molecule has 0 atom stereocenters. The minimum atomic E-state index is -0.247. The molecule has 0 fully saturated rings. The van der Waals surface area contributed by atoms with E-state index in [2.05, 4.69) is 32.0 Å². The van der Waals surface area contributed by atoms with E-state index in [1.165, 1.54) is 83.5 Å². The molecule has 1 rings (SSSR count). The maximum absolute atomic E-state index is 12.4. The Balaban J connectivity index is 2.09. The van der Waals surface area contributed by atoms with Gasteiger partial charge in [-0.05, 0) is 42.4 Å². The van der Waals surface area contributed by atoms with Gasteiger partial charge in [0.25, 0.3) is 0 Å². The topological polar surface area (TPSA) is 75.6 Å². The Morgan fingerprint density at radius 3 is 1.71 bits per heavy atom. The van der Waals surface area contributed by atoms with Crippen molar-refractivity contribution in [2.45, 2.75) is 135 Å². The molecule has 0 aliphatic carbocycles. The number of carbonyl (C=O) groups is 2. The first-order valence-corrected chi connectivity index (χ1v) is 16.1. The largest absolute Gasteiger partial charge is 0.507 e. The predicted molar refractivity (Wildman–Crippen MR) is 172 cm³/mol. The summed E-state index contributed by atoms with van der Waals surface area (Å²) in [7, 11) is 0. The van der Waals surface area contributed by atoms with Gasteiger partial charge < -0.3 is 15.2 Å². The van der Waals surface area contributed by atoms with E-state index in [1.54, 1.807) is 12.2 Å². The van der Waals surface area contributed by atoms with Crippen LogP contribution >= 0.6 is 0 Å². The van der Waals surface area contributed by atoms with Crippen molar-refractivity contribution in [1.29, 1.82) is 0 Å². The molecule has 0 radical (unpaired) electrons. The Hall–Kier alpha value is -2.82. The molecular weight excluding hydrogens is 510 g/mol. The van der Waals surface area contributed by atoms with Gasteiger partial charge in [-0.25, -0.2) is 0 Å². The molecule has 1 amide bonds. The molecule has 0 bridgehead atoms. The lowest BCUT2D eigenvalue weighted by Gasteiger charge is -2.12. The summed E-state index contributed by atoms with van der Waals surface area (Å²) in [4.78, 5) is 24.5. The van der Waals surface area contributed by atoms with Crippen molar-refractivity contribution in [2.75, 3.05) is 6.61 Å². The second kappa shape index (κ2) is 23.8. The molecule has 0 saturated heterocycles. The number of hydrogen-bond donors (Lipinski definition) is 2.